The van der Waals surface area contributed by atoms with Gasteiger partial charge in [-0.1, -0.05) is 29.6 Å². The van der Waals surface area contributed by atoms with Crippen molar-refractivity contribution in [1.29, 1.82) is 0 Å². The van der Waals surface area contributed by atoms with Crippen LogP contribution >= 0.6 is 46.6 Å². The van der Waals surface area contributed by atoms with Crippen LogP contribution in [-0.4, -0.2) is 68.8 Å². The molecule has 2 amide bonds. The number of hydrogen-bond acceptors (Lipinski definition) is 12. The van der Waals surface area contributed by atoms with Crippen molar-refractivity contribution in [2.75, 3.05) is 38.3 Å². The van der Waals surface area contributed by atoms with Crippen LogP contribution in [0.15, 0.2) is 69.9 Å². The van der Waals surface area contributed by atoms with Gasteiger partial charge in [0.25, 0.3) is 0 Å². The van der Waals surface area contributed by atoms with E-state index in [1.54, 1.807) is 13.2 Å². The van der Waals surface area contributed by atoms with E-state index >= 15 is 0 Å². The number of methoxy groups -OCH3 is 1. The average Bonchev–Trinajstić information content (AvgIpc) is 3.70. The minimum atomic E-state index is -0.0656. The van der Waals surface area contributed by atoms with Crippen molar-refractivity contribution in [2.45, 2.75) is 21.5 Å². The summed E-state index contributed by atoms with van der Waals surface area (Å²) < 4.78 is 21.3. The van der Waals surface area contributed by atoms with Gasteiger partial charge in [-0.25, -0.2) is 9.97 Å². The summed E-state index contributed by atoms with van der Waals surface area (Å²) in [5.41, 5.74) is 1.79. The zero-order chi connectivity index (χ0) is 29.6. The van der Waals surface area contributed by atoms with Crippen LogP contribution < -0.4 is 20.1 Å². The molecule has 4 rings (SSSR count). The molecule has 0 fully saturated rings. The lowest BCUT2D eigenvalue weighted by atomic mass is 10.2. The molecule has 2 aromatic heterocycles. The van der Waals surface area contributed by atoms with E-state index in [0.29, 0.717) is 37.1 Å². The summed E-state index contributed by atoms with van der Waals surface area (Å²) in [6.45, 7) is 5.16. The lowest BCUT2D eigenvalue weighted by Gasteiger charge is -2.07. The Labute approximate surface area is 261 Å². The van der Waals surface area contributed by atoms with Crippen molar-refractivity contribution < 1.29 is 19.1 Å². The molecule has 0 spiro atoms. The zero-order valence-electron chi connectivity index (χ0n) is 22.9. The predicted molar refractivity (Wildman–Crippen MR) is 170 cm³/mol. The zero-order valence-corrected chi connectivity index (χ0v) is 26.2. The van der Waals surface area contributed by atoms with Crippen LogP contribution in [0.25, 0.3) is 22.8 Å². The van der Waals surface area contributed by atoms with Gasteiger partial charge in [0.15, 0.2) is 20.3 Å². The number of aromatic nitrogens is 4. The van der Waals surface area contributed by atoms with E-state index in [1.807, 2.05) is 48.5 Å². The van der Waals surface area contributed by atoms with Crippen LogP contribution in [0.3, 0.4) is 0 Å². The highest BCUT2D eigenvalue weighted by atomic mass is 32.2. The molecule has 0 aliphatic heterocycles. The molecule has 14 heteroatoms. The van der Waals surface area contributed by atoms with E-state index in [1.165, 1.54) is 46.6 Å². The number of unbranched alkanes of at least 4 members (excludes halogenated alkanes) is 1. The van der Waals surface area contributed by atoms with E-state index in [9.17, 15) is 9.59 Å². The first kappa shape index (κ1) is 31.5. The second-order valence-corrected chi connectivity index (χ2v) is 12.5. The Hall–Kier alpha value is -3.46. The van der Waals surface area contributed by atoms with Crippen molar-refractivity contribution in [3.63, 3.8) is 0 Å². The van der Waals surface area contributed by atoms with E-state index in [0.717, 1.165) is 44.1 Å². The summed E-state index contributed by atoms with van der Waals surface area (Å²) >= 11 is 5.29. The first-order chi connectivity index (χ1) is 20.5. The summed E-state index contributed by atoms with van der Waals surface area (Å²) in [5, 5.41) is 5.68. The predicted octanol–water partition coefficient (Wildman–Crippen LogP) is 5.19. The smallest absolute Gasteiger partial charge is 0.230 e. The monoisotopic (exact) mass is 642 g/mol. The number of ether oxygens (including phenoxy) is 2. The molecule has 0 bridgehead atoms. The first-order valence-corrected chi connectivity index (χ1v) is 16.5. The molecular formula is C28H30N6O4S4. The largest absolute Gasteiger partial charge is 0.497 e. The lowest BCUT2D eigenvalue weighted by molar-refractivity contribution is -0.119. The third kappa shape index (κ3) is 10.1. The molecule has 0 radical (unpaired) electrons. The van der Waals surface area contributed by atoms with E-state index < -0.39 is 0 Å². The average molecular weight is 643 g/mol. The van der Waals surface area contributed by atoms with Crippen molar-refractivity contribution >= 4 is 58.4 Å². The van der Waals surface area contributed by atoms with E-state index in [2.05, 4.69) is 35.9 Å². The quantitative estimate of drug-likeness (QED) is 0.0902. The van der Waals surface area contributed by atoms with Gasteiger partial charge in [-0.15, -0.1) is 6.58 Å². The maximum atomic E-state index is 12.2. The standard InChI is InChI=1S/C28H30N6O4S4/c1-3-14-29-23(35)17-39-27-32-26(34-41-27)20-8-12-22(13-9-20)38-16-5-4-15-30-24(36)18-40-28-31-25(33-42-28)19-6-10-21(37-2)11-7-19/h3,6-13H,1,4-5,14-18H2,2H3,(H,29,35)(H,30,36). The van der Waals surface area contributed by atoms with Crippen molar-refractivity contribution in [2.24, 2.45) is 0 Å². The van der Waals surface area contributed by atoms with Gasteiger partial charge in [-0.05, 0) is 84.4 Å². The molecule has 4 aromatic rings. The summed E-state index contributed by atoms with van der Waals surface area (Å²) in [4.78, 5) is 33.0. The summed E-state index contributed by atoms with van der Waals surface area (Å²) in [5.74, 6) is 3.28. The molecule has 2 aromatic carbocycles. The van der Waals surface area contributed by atoms with Gasteiger partial charge in [0.2, 0.25) is 11.8 Å². The number of benzene rings is 2. The fourth-order valence-corrected chi connectivity index (χ4v) is 6.29. The number of nitrogens with zero attached hydrogens (tertiary/aromatic N) is 4. The van der Waals surface area contributed by atoms with Gasteiger partial charge in [-0.2, -0.15) is 8.75 Å². The Bertz CT molecular complexity index is 1440. The Morgan fingerprint density at radius 1 is 0.833 bits per heavy atom. The fraction of sp³-hybridized carbons (Fsp3) is 0.286. The van der Waals surface area contributed by atoms with Gasteiger partial charge < -0.3 is 20.1 Å². The molecule has 0 saturated carbocycles. The summed E-state index contributed by atoms with van der Waals surface area (Å²) in [6, 6.07) is 15.2. The van der Waals surface area contributed by atoms with Crippen LogP contribution in [0.2, 0.25) is 0 Å². The number of amides is 2. The maximum absolute atomic E-state index is 12.2. The third-order valence-corrected chi connectivity index (χ3v) is 9.20. The third-order valence-electron chi connectivity index (χ3n) is 5.53. The van der Waals surface area contributed by atoms with Gasteiger partial charge in [0.05, 0.1) is 25.2 Å². The second-order valence-electron chi connectivity index (χ2n) is 8.60. The Balaban J connectivity index is 1.08. The molecule has 0 aliphatic carbocycles. The highest BCUT2D eigenvalue weighted by Gasteiger charge is 2.11. The van der Waals surface area contributed by atoms with Crippen LogP contribution in [-0.2, 0) is 9.59 Å². The first-order valence-electron chi connectivity index (χ1n) is 13.0. The minimum Gasteiger partial charge on any atom is -0.497 e. The summed E-state index contributed by atoms with van der Waals surface area (Å²) in [6.07, 6.45) is 3.26. The number of hydrogen-bond donors (Lipinski definition) is 2. The second kappa shape index (κ2) is 16.9. The summed E-state index contributed by atoms with van der Waals surface area (Å²) in [7, 11) is 1.63. The highest BCUT2D eigenvalue weighted by molar-refractivity contribution is 8.01. The lowest BCUT2D eigenvalue weighted by Crippen LogP contribution is -2.26. The molecule has 0 saturated heterocycles. The number of nitrogens with one attached hydrogen (secondary N) is 2. The van der Waals surface area contributed by atoms with Gasteiger partial charge >= 0.3 is 0 Å². The molecule has 0 atom stereocenters. The molecule has 42 heavy (non-hydrogen) atoms. The molecule has 2 heterocycles. The minimum absolute atomic E-state index is 0.0362. The van der Waals surface area contributed by atoms with Crippen LogP contribution in [0.5, 0.6) is 11.5 Å². The van der Waals surface area contributed by atoms with Crippen LogP contribution in [0.4, 0.5) is 0 Å². The molecule has 0 aliphatic rings. The van der Waals surface area contributed by atoms with Crippen LogP contribution in [0, 0.1) is 0 Å². The van der Waals surface area contributed by atoms with Gasteiger partial charge in [-0.3, -0.25) is 9.59 Å². The number of rotatable bonds is 17. The normalized spacial score (nSPS) is 10.7. The van der Waals surface area contributed by atoms with Crippen molar-refractivity contribution in [3.05, 3.63) is 61.2 Å². The molecule has 10 nitrogen and oxygen atoms in total. The SMILES string of the molecule is C=CCNC(=O)CSc1nc(-c2ccc(OCCCCNC(=O)CSc3nc(-c4ccc(OC)cc4)ns3)cc2)ns1. The maximum Gasteiger partial charge on any atom is 0.230 e. The van der Waals surface area contributed by atoms with Crippen molar-refractivity contribution in [1.82, 2.24) is 29.3 Å². The molecular weight excluding hydrogens is 613 g/mol. The number of carbonyl (C=O) groups is 2. The topological polar surface area (TPSA) is 128 Å². The van der Waals surface area contributed by atoms with E-state index in [4.69, 9.17) is 9.47 Å². The van der Waals surface area contributed by atoms with Gasteiger partial charge in [0.1, 0.15) is 11.5 Å². The number of thioether (sulfide) groups is 2. The highest BCUT2D eigenvalue weighted by Crippen LogP contribution is 2.27. The number of carbonyl (C=O) groups excluding carboxylic acids is 2. The Morgan fingerprint density at radius 3 is 1.93 bits per heavy atom. The Kier molecular flexibility index (Phi) is 12.6. The molecule has 2 N–H and O–H groups in total. The van der Waals surface area contributed by atoms with Gasteiger partial charge in [0, 0.05) is 24.2 Å². The van der Waals surface area contributed by atoms with E-state index in [-0.39, 0.29) is 17.6 Å². The van der Waals surface area contributed by atoms with Crippen molar-refractivity contribution in [3.8, 4) is 34.3 Å². The fourth-order valence-electron chi connectivity index (χ4n) is 3.40. The Morgan fingerprint density at radius 2 is 1.38 bits per heavy atom. The molecule has 0 unspecified atom stereocenters. The molecule has 220 valence electrons. The van der Waals surface area contributed by atoms with Crippen LogP contribution in [0.1, 0.15) is 12.8 Å².